The number of para-hydroxylation sites is 3. The Labute approximate surface area is 400 Å². The molecule has 0 atom stereocenters. The summed E-state index contributed by atoms with van der Waals surface area (Å²) < 4.78 is 17.8. The zero-order valence-electron chi connectivity index (χ0n) is 37.5. The Morgan fingerprint density at radius 1 is 0.257 bits per heavy atom. The topological polar surface area (TPSA) is 61.9 Å². The van der Waals surface area contributed by atoms with Crippen molar-refractivity contribution in [3.8, 4) is 56.4 Å². The van der Waals surface area contributed by atoms with E-state index >= 15 is 0 Å². The molecule has 6 nitrogen and oxygen atoms in total. The molecule has 10 aromatic carbocycles. The number of fused-ring (bicyclic) bond motifs is 12. The van der Waals surface area contributed by atoms with Crippen molar-refractivity contribution in [3.63, 3.8) is 0 Å². The minimum Gasteiger partial charge on any atom is -0.456 e. The standard InChI is InChI=1S/C64H38N4O2/c1-4-14-39(15-5-1)54-36-55(66-64(65-54)41-16-6-2-7-17-41)40-24-28-45(29-25-40)68-56-22-12-10-20-46(56)49-34-53-51-33-43(27-31-61(51)70-63(53)37-58(49)68)42-26-30-57-48(32-42)50-35-52-47-21-11-13-23-60(47)69-62(52)38-59(50)67(57)44-18-8-3-9-19-44/h1-38H. The van der Waals surface area contributed by atoms with Crippen molar-refractivity contribution in [2.75, 3.05) is 0 Å². The molecule has 0 unspecified atom stereocenters. The Balaban J connectivity index is 0.850. The predicted molar refractivity (Wildman–Crippen MR) is 287 cm³/mol. The second kappa shape index (κ2) is 15.0. The van der Waals surface area contributed by atoms with Gasteiger partial charge in [0, 0.05) is 83.3 Å². The van der Waals surface area contributed by atoms with Crippen LogP contribution in [0.15, 0.2) is 239 Å². The number of hydrogen-bond donors (Lipinski definition) is 0. The number of nitrogens with zero attached hydrogens (tertiary/aromatic N) is 4. The molecule has 5 aromatic heterocycles. The number of benzene rings is 10. The third kappa shape index (κ3) is 5.93. The fourth-order valence-electron chi connectivity index (χ4n) is 10.8. The summed E-state index contributed by atoms with van der Waals surface area (Å²) in [5.41, 5.74) is 17.2. The Kier molecular flexibility index (Phi) is 8.26. The smallest absolute Gasteiger partial charge is 0.160 e. The number of aromatic nitrogens is 4. The van der Waals surface area contributed by atoms with E-state index in [0.717, 1.165) is 117 Å². The number of furan rings is 2. The summed E-state index contributed by atoms with van der Waals surface area (Å²) in [6.07, 6.45) is 0. The molecule has 6 heteroatoms. The van der Waals surface area contributed by atoms with Gasteiger partial charge in [-0.3, -0.25) is 0 Å². The molecule has 15 rings (SSSR count). The molecule has 0 saturated heterocycles. The summed E-state index contributed by atoms with van der Waals surface area (Å²) in [4.78, 5) is 10.1. The summed E-state index contributed by atoms with van der Waals surface area (Å²) in [6.45, 7) is 0. The van der Waals surface area contributed by atoms with Crippen LogP contribution in [0.1, 0.15) is 0 Å². The van der Waals surface area contributed by atoms with Gasteiger partial charge in [0.2, 0.25) is 0 Å². The maximum Gasteiger partial charge on any atom is 0.160 e. The average Bonchev–Trinajstić information content (AvgIpc) is 4.17. The molecule has 0 N–H and O–H groups in total. The Bertz CT molecular complexity index is 4510. The van der Waals surface area contributed by atoms with Crippen LogP contribution in [0, 0.1) is 0 Å². The van der Waals surface area contributed by atoms with E-state index in [1.165, 1.54) is 21.5 Å². The third-order valence-electron chi connectivity index (χ3n) is 14.1. The summed E-state index contributed by atoms with van der Waals surface area (Å²) >= 11 is 0. The first-order chi connectivity index (χ1) is 34.7. The summed E-state index contributed by atoms with van der Waals surface area (Å²) in [5, 5.41) is 9.15. The van der Waals surface area contributed by atoms with Gasteiger partial charge in [-0.15, -0.1) is 0 Å². The lowest BCUT2D eigenvalue weighted by Crippen LogP contribution is -1.97. The SMILES string of the molecule is c1ccc(-c2cc(-c3ccc(-n4c5ccccc5c5cc6c(cc54)oc4ccc(-c5ccc7c(c5)c5cc8c(cc5n7-c5ccccc5)oc5ccccc58)cc46)cc3)nc(-c3ccccc3)n2)cc1. The van der Waals surface area contributed by atoms with Crippen LogP contribution < -0.4 is 0 Å². The van der Waals surface area contributed by atoms with Gasteiger partial charge in [-0.25, -0.2) is 9.97 Å². The van der Waals surface area contributed by atoms with Crippen LogP contribution in [0.2, 0.25) is 0 Å². The first-order valence-electron chi connectivity index (χ1n) is 23.6. The summed E-state index contributed by atoms with van der Waals surface area (Å²) in [5.74, 6) is 0.698. The van der Waals surface area contributed by atoms with Crippen molar-refractivity contribution >= 4 is 87.5 Å². The van der Waals surface area contributed by atoms with Crippen LogP contribution in [0.4, 0.5) is 0 Å². The van der Waals surface area contributed by atoms with Crippen molar-refractivity contribution < 1.29 is 8.83 Å². The Morgan fingerprint density at radius 2 is 0.714 bits per heavy atom. The van der Waals surface area contributed by atoms with E-state index < -0.39 is 0 Å². The van der Waals surface area contributed by atoms with Crippen molar-refractivity contribution in [1.29, 1.82) is 0 Å². The van der Waals surface area contributed by atoms with Crippen molar-refractivity contribution in [3.05, 3.63) is 231 Å². The molecular weight excluding hydrogens is 857 g/mol. The largest absolute Gasteiger partial charge is 0.456 e. The Hall–Kier alpha value is -9.52. The molecule has 70 heavy (non-hydrogen) atoms. The molecule has 0 amide bonds. The van der Waals surface area contributed by atoms with Gasteiger partial charge in [-0.2, -0.15) is 0 Å². The van der Waals surface area contributed by atoms with Crippen molar-refractivity contribution in [1.82, 2.24) is 19.1 Å². The van der Waals surface area contributed by atoms with E-state index in [9.17, 15) is 0 Å². The number of rotatable bonds is 6. The molecular formula is C64H38N4O2. The van der Waals surface area contributed by atoms with Crippen molar-refractivity contribution in [2.45, 2.75) is 0 Å². The van der Waals surface area contributed by atoms with Gasteiger partial charge in [0.15, 0.2) is 5.82 Å². The monoisotopic (exact) mass is 894 g/mol. The molecule has 0 radical (unpaired) electrons. The lowest BCUT2D eigenvalue weighted by molar-refractivity contribution is 0.669. The van der Waals surface area contributed by atoms with Gasteiger partial charge in [-0.05, 0) is 90.0 Å². The first-order valence-corrected chi connectivity index (χ1v) is 23.6. The molecule has 15 aromatic rings. The van der Waals surface area contributed by atoms with Crippen LogP contribution in [-0.4, -0.2) is 19.1 Å². The van der Waals surface area contributed by atoms with Crippen LogP contribution in [-0.2, 0) is 0 Å². The quantitative estimate of drug-likeness (QED) is 0.167. The molecule has 0 aliphatic rings. The predicted octanol–water partition coefficient (Wildman–Crippen LogP) is 17.1. The maximum atomic E-state index is 6.72. The lowest BCUT2D eigenvalue weighted by Gasteiger charge is -2.11. The molecule has 0 aliphatic heterocycles. The Morgan fingerprint density at radius 3 is 1.41 bits per heavy atom. The maximum absolute atomic E-state index is 6.72. The third-order valence-corrected chi connectivity index (χ3v) is 14.1. The second-order valence-corrected chi connectivity index (χ2v) is 18.1. The van der Waals surface area contributed by atoms with Crippen LogP contribution in [0.5, 0.6) is 0 Å². The van der Waals surface area contributed by atoms with E-state index in [4.69, 9.17) is 18.8 Å². The van der Waals surface area contributed by atoms with E-state index in [2.05, 4.69) is 191 Å². The minimum atomic E-state index is 0.698. The highest BCUT2D eigenvalue weighted by Gasteiger charge is 2.20. The van der Waals surface area contributed by atoms with E-state index in [1.807, 2.05) is 48.5 Å². The first kappa shape index (κ1) is 38.6. The molecule has 0 saturated carbocycles. The zero-order valence-corrected chi connectivity index (χ0v) is 37.5. The second-order valence-electron chi connectivity index (χ2n) is 18.1. The van der Waals surface area contributed by atoms with E-state index in [-0.39, 0.29) is 0 Å². The van der Waals surface area contributed by atoms with Gasteiger partial charge in [0.1, 0.15) is 22.3 Å². The van der Waals surface area contributed by atoms with Crippen LogP contribution in [0.25, 0.3) is 144 Å². The van der Waals surface area contributed by atoms with Gasteiger partial charge in [-0.1, -0.05) is 140 Å². The highest BCUT2D eigenvalue weighted by atomic mass is 16.3. The average molecular weight is 895 g/mol. The van der Waals surface area contributed by atoms with Gasteiger partial charge in [0.05, 0.1) is 33.5 Å². The van der Waals surface area contributed by atoms with Gasteiger partial charge in [0.25, 0.3) is 0 Å². The molecule has 326 valence electrons. The zero-order chi connectivity index (χ0) is 45.9. The molecule has 0 aliphatic carbocycles. The fourth-order valence-corrected chi connectivity index (χ4v) is 10.8. The molecule has 0 spiro atoms. The molecule has 0 fully saturated rings. The van der Waals surface area contributed by atoms with Crippen LogP contribution in [0.3, 0.4) is 0 Å². The molecule has 0 bridgehead atoms. The van der Waals surface area contributed by atoms with Gasteiger partial charge >= 0.3 is 0 Å². The summed E-state index contributed by atoms with van der Waals surface area (Å²) in [7, 11) is 0. The highest BCUT2D eigenvalue weighted by molar-refractivity contribution is 6.19. The molecule has 5 heterocycles. The van der Waals surface area contributed by atoms with Crippen molar-refractivity contribution in [2.24, 2.45) is 0 Å². The highest BCUT2D eigenvalue weighted by Crippen LogP contribution is 2.43. The van der Waals surface area contributed by atoms with Gasteiger partial charge < -0.3 is 18.0 Å². The fraction of sp³-hybridized carbons (Fsp3) is 0. The van der Waals surface area contributed by atoms with E-state index in [0.29, 0.717) is 5.82 Å². The lowest BCUT2D eigenvalue weighted by atomic mass is 10.00. The van der Waals surface area contributed by atoms with E-state index in [1.54, 1.807) is 0 Å². The summed E-state index contributed by atoms with van der Waals surface area (Å²) in [6, 6.07) is 81.4. The number of hydrogen-bond acceptors (Lipinski definition) is 4. The normalized spacial score (nSPS) is 12.0. The minimum absolute atomic E-state index is 0.698. The van der Waals surface area contributed by atoms with Crippen LogP contribution >= 0.6 is 0 Å².